The molecule has 1 spiro atoms. The van der Waals surface area contributed by atoms with E-state index in [0.29, 0.717) is 19.3 Å². The number of hydrogen-bond donors (Lipinski definition) is 0. The molecule has 2 heterocycles. The van der Waals surface area contributed by atoms with Crippen LogP contribution in [0, 0.1) is 34.5 Å². The number of ketones is 1. The van der Waals surface area contributed by atoms with E-state index in [2.05, 4.69) is 13.8 Å². The van der Waals surface area contributed by atoms with Crippen LogP contribution in [-0.2, 0) is 28.6 Å². The third-order valence-electron chi connectivity index (χ3n) is 10.1. The van der Waals surface area contributed by atoms with E-state index in [9.17, 15) is 14.4 Å². The molecule has 6 rings (SSSR count). The Hall–Kier alpha value is -1.69. The fourth-order valence-electron chi connectivity index (χ4n) is 8.62. The third-order valence-corrected chi connectivity index (χ3v) is 10.1. The van der Waals surface area contributed by atoms with Crippen LogP contribution in [0.5, 0.6) is 0 Å². The molecule has 0 radical (unpaired) electrons. The van der Waals surface area contributed by atoms with E-state index >= 15 is 0 Å². The Morgan fingerprint density at radius 1 is 1.17 bits per heavy atom. The van der Waals surface area contributed by atoms with Crippen LogP contribution in [0.15, 0.2) is 11.6 Å². The van der Waals surface area contributed by atoms with Gasteiger partial charge >= 0.3 is 11.9 Å². The highest BCUT2D eigenvalue weighted by atomic mass is 16.6. The second kappa shape index (κ2) is 5.76. The van der Waals surface area contributed by atoms with Crippen molar-refractivity contribution in [3.63, 3.8) is 0 Å². The summed E-state index contributed by atoms with van der Waals surface area (Å²) in [7, 11) is 1.46. The highest BCUT2D eigenvalue weighted by molar-refractivity contribution is 5.92. The van der Waals surface area contributed by atoms with Crippen molar-refractivity contribution in [2.45, 2.75) is 76.6 Å². The van der Waals surface area contributed by atoms with Gasteiger partial charge in [0.2, 0.25) is 0 Å². The molecule has 0 aromatic carbocycles. The van der Waals surface area contributed by atoms with E-state index in [-0.39, 0.29) is 64.4 Å². The summed E-state index contributed by atoms with van der Waals surface area (Å²) in [6.45, 7) is 4.52. The van der Waals surface area contributed by atoms with Crippen molar-refractivity contribution >= 4 is 17.7 Å². The first-order chi connectivity index (χ1) is 14.2. The van der Waals surface area contributed by atoms with Gasteiger partial charge in [0.15, 0.2) is 5.78 Å². The summed E-state index contributed by atoms with van der Waals surface area (Å²) in [5, 5.41) is 0. The highest BCUT2D eigenvalue weighted by Gasteiger charge is 2.79. The molecule has 5 unspecified atom stereocenters. The predicted octanol–water partition coefficient (Wildman–Crippen LogP) is 2.98. The van der Waals surface area contributed by atoms with Gasteiger partial charge in [0, 0.05) is 24.2 Å². The van der Waals surface area contributed by atoms with Crippen molar-refractivity contribution < 1.29 is 28.6 Å². The number of carbonyl (C=O) groups excluding carboxylic acids is 3. The number of ether oxygens (including phenoxy) is 3. The zero-order chi connectivity index (χ0) is 21.1. The molecule has 30 heavy (non-hydrogen) atoms. The summed E-state index contributed by atoms with van der Waals surface area (Å²) in [5.41, 5.74) is 0.262. The van der Waals surface area contributed by atoms with Crippen molar-refractivity contribution in [3.05, 3.63) is 11.6 Å². The molecule has 3 saturated carbocycles. The number of fused-ring (bicyclic) bond motifs is 9. The average Bonchev–Trinajstić information content (AvgIpc) is 3.35. The fourth-order valence-corrected chi connectivity index (χ4v) is 8.62. The summed E-state index contributed by atoms with van der Waals surface area (Å²) in [6, 6.07) is 0. The molecule has 2 saturated heterocycles. The second-order valence-corrected chi connectivity index (χ2v) is 10.9. The molecule has 6 heteroatoms. The second-order valence-electron chi connectivity index (χ2n) is 10.9. The van der Waals surface area contributed by atoms with Gasteiger partial charge in [-0.1, -0.05) is 19.4 Å². The van der Waals surface area contributed by atoms with Gasteiger partial charge in [0.05, 0.1) is 25.2 Å². The van der Waals surface area contributed by atoms with Crippen molar-refractivity contribution in [3.8, 4) is 0 Å². The predicted molar refractivity (Wildman–Crippen MR) is 105 cm³/mol. The van der Waals surface area contributed by atoms with E-state index in [4.69, 9.17) is 14.2 Å². The molecule has 6 nitrogen and oxygen atoms in total. The Labute approximate surface area is 176 Å². The zero-order valence-corrected chi connectivity index (χ0v) is 17.9. The molecule has 0 N–H and O–H groups in total. The number of carbonyl (C=O) groups is 3. The van der Waals surface area contributed by atoms with Crippen LogP contribution in [0.2, 0.25) is 0 Å². The minimum absolute atomic E-state index is 0.0552. The normalized spacial score (nSPS) is 53.2. The van der Waals surface area contributed by atoms with Gasteiger partial charge < -0.3 is 14.2 Å². The summed E-state index contributed by atoms with van der Waals surface area (Å²) in [4.78, 5) is 37.4. The maximum absolute atomic E-state index is 13.0. The molecule has 9 atom stereocenters. The first-order valence-corrected chi connectivity index (χ1v) is 11.4. The smallest absolute Gasteiger partial charge is 0.309 e. The summed E-state index contributed by atoms with van der Waals surface area (Å²) in [6.07, 6.45) is 6.91. The number of hydrogen-bond acceptors (Lipinski definition) is 6. The maximum atomic E-state index is 13.0. The van der Waals surface area contributed by atoms with Gasteiger partial charge in [-0.25, -0.2) is 0 Å². The lowest BCUT2D eigenvalue weighted by Gasteiger charge is -2.58. The molecular formula is C24H30O6. The largest absolute Gasteiger partial charge is 0.469 e. The minimum atomic E-state index is -0.459. The van der Waals surface area contributed by atoms with Crippen molar-refractivity contribution in [1.29, 1.82) is 0 Å². The molecule has 6 aliphatic rings. The maximum Gasteiger partial charge on any atom is 0.309 e. The molecule has 0 amide bonds. The zero-order valence-electron chi connectivity index (χ0n) is 17.9. The third kappa shape index (κ3) is 2.07. The van der Waals surface area contributed by atoms with Crippen molar-refractivity contribution in [2.24, 2.45) is 34.5 Å². The number of allylic oxidation sites excluding steroid dienone is 1. The van der Waals surface area contributed by atoms with Gasteiger partial charge in [-0.3, -0.25) is 14.4 Å². The average molecular weight is 414 g/mol. The molecule has 4 aliphatic carbocycles. The monoisotopic (exact) mass is 414 g/mol. The van der Waals surface area contributed by atoms with Crippen molar-refractivity contribution in [2.75, 3.05) is 7.11 Å². The van der Waals surface area contributed by atoms with E-state index < -0.39 is 5.60 Å². The van der Waals surface area contributed by atoms with Crippen molar-refractivity contribution in [1.82, 2.24) is 0 Å². The summed E-state index contributed by atoms with van der Waals surface area (Å²) in [5.74, 6) is 0.176. The quantitative estimate of drug-likeness (QED) is 0.485. The molecular weight excluding hydrogens is 384 g/mol. The lowest BCUT2D eigenvalue weighted by Crippen LogP contribution is -2.61. The van der Waals surface area contributed by atoms with Crippen LogP contribution >= 0.6 is 0 Å². The van der Waals surface area contributed by atoms with Crippen LogP contribution in [0.1, 0.15) is 58.8 Å². The van der Waals surface area contributed by atoms with Gasteiger partial charge in [0.25, 0.3) is 0 Å². The lowest BCUT2D eigenvalue weighted by molar-refractivity contribution is -0.172. The van der Waals surface area contributed by atoms with Gasteiger partial charge in [0.1, 0.15) is 5.60 Å². The Kier molecular flexibility index (Phi) is 3.65. The van der Waals surface area contributed by atoms with Gasteiger partial charge in [-0.15, -0.1) is 0 Å². The Morgan fingerprint density at radius 2 is 1.97 bits per heavy atom. The number of rotatable bonds is 1. The van der Waals surface area contributed by atoms with Gasteiger partial charge in [-0.05, 0) is 55.4 Å². The molecule has 0 aromatic rings. The van der Waals surface area contributed by atoms with E-state index in [1.807, 2.05) is 0 Å². The Bertz CT molecular complexity index is 892. The fraction of sp³-hybridized carbons (Fsp3) is 0.792. The van der Waals surface area contributed by atoms with Gasteiger partial charge in [-0.2, -0.15) is 0 Å². The van der Waals surface area contributed by atoms with Crippen LogP contribution in [0.4, 0.5) is 0 Å². The number of methoxy groups -OCH3 is 1. The van der Waals surface area contributed by atoms with E-state index in [1.165, 1.54) is 7.11 Å². The van der Waals surface area contributed by atoms with Crippen LogP contribution in [0.25, 0.3) is 0 Å². The lowest BCUT2D eigenvalue weighted by atomic mass is 9.44. The summed E-state index contributed by atoms with van der Waals surface area (Å²) < 4.78 is 17.7. The number of epoxide rings is 1. The Morgan fingerprint density at radius 3 is 2.67 bits per heavy atom. The van der Waals surface area contributed by atoms with Crippen LogP contribution in [0.3, 0.4) is 0 Å². The van der Waals surface area contributed by atoms with Crippen LogP contribution < -0.4 is 0 Å². The Balaban J connectivity index is 1.48. The minimum Gasteiger partial charge on any atom is -0.469 e. The molecule has 162 valence electrons. The molecule has 0 bridgehead atoms. The first-order valence-electron chi connectivity index (χ1n) is 11.4. The molecule has 5 fully saturated rings. The topological polar surface area (TPSA) is 82.2 Å². The first kappa shape index (κ1) is 19.0. The molecule has 0 aromatic heterocycles. The number of esters is 2. The van der Waals surface area contributed by atoms with E-state index in [1.54, 1.807) is 6.08 Å². The highest BCUT2D eigenvalue weighted by Crippen LogP contribution is 2.75. The summed E-state index contributed by atoms with van der Waals surface area (Å²) >= 11 is 0. The standard InChI is InChI=1S/C24H30O6/c1-22-7-4-13(25)10-12(22)11-14(21(27)28-3)17-15-5-8-24(9-6-16(26)30-24)23(15,2)20-19(29-20)18(17)22/h10,14-15,17-20H,4-9,11H2,1-3H3/t14-,15?,17?,18?,19+,20+,22?,23?,24-/m1/s1. The SMILES string of the molecule is COC(=O)[C@@H]1CC2=CC(=O)CCC2(C)C2C1C1CC[C@@]3(CCC(=O)O3)C1(C)[C@H]1O[C@@H]21. The molecule has 2 aliphatic heterocycles. The van der Waals surface area contributed by atoms with E-state index in [0.717, 1.165) is 31.3 Å². The van der Waals surface area contributed by atoms with Crippen LogP contribution in [-0.4, -0.2) is 42.6 Å².